The Bertz CT molecular complexity index is 382. The quantitative estimate of drug-likeness (QED) is 0.784. The molecule has 2 rings (SSSR count). The molecule has 1 aliphatic heterocycles. The van der Waals surface area contributed by atoms with Gasteiger partial charge in [-0.1, -0.05) is 6.07 Å². The van der Waals surface area contributed by atoms with Crippen molar-refractivity contribution in [1.29, 1.82) is 0 Å². The molecular weight excluding hydrogens is 216 g/mol. The van der Waals surface area contributed by atoms with Crippen LogP contribution >= 0.6 is 0 Å². The van der Waals surface area contributed by atoms with Crippen LogP contribution in [-0.2, 0) is 11.3 Å². The predicted octanol–water partition coefficient (Wildman–Crippen LogP) is 0.242. The summed E-state index contributed by atoms with van der Waals surface area (Å²) in [6, 6.07) is 3.97. The second kappa shape index (κ2) is 5.14. The number of piperidine rings is 1. The van der Waals surface area contributed by atoms with E-state index in [1.807, 2.05) is 12.1 Å². The molecule has 0 aromatic carbocycles. The van der Waals surface area contributed by atoms with Gasteiger partial charge in [-0.05, 0) is 24.5 Å². The van der Waals surface area contributed by atoms with E-state index in [2.05, 4.69) is 9.88 Å². The minimum absolute atomic E-state index is 0.0227. The van der Waals surface area contributed by atoms with Crippen molar-refractivity contribution in [3.8, 4) is 0 Å². The van der Waals surface area contributed by atoms with Crippen LogP contribution in [0.25, 0.3) is 0 Å². The molecule has 2 heterocycles. The van der Waals surface area contributed by atoms with Crippen molar-refractivity contribution in [3.05, 3.63) is 23.9 Å². The summed E-state index contributed by atoms with van der Waals surface area (Å²) >= 11 is 0. The first-order chi connectivity index (χ1) is 8.20. The number of hydrogen-bond acceptors (Lipinski definition) is 4. The Labute approximate surface area is 101 Å². The second-order valence-corrected chi connectivity index (χ2v) is 4.39. The van der Waals surface area contributed by atoms with Gasteiger partial charge in [0.25, 0.3) is 0 Å². The average Bonchev–Trinajstić information content (AvgIpc) is 2.39. The molecule has 1 aromatic heterocycles. The van der Waals surface area contributed by atoms with Crippen LogP contribution in [0.1, 0.15) is 18.4 Å². The Balaban J connectivity index is 1.97. The van der Waals surface area contributed by atoms with Gasteiger partial charge in [0.2, 0.25) is 5.91 Å². The number of aromatic nitrogens is 1. The second-order valence-electron chi connectivity index (χ2n) is 4.39. The number of carbonyl (C=O) groups excluding carboxylic acids is 1. The lowest BCUT2D eigenvalue weighted by Gasteiger charge is -2.31. The highest BCUT2D eigenvalue weighted by atomic mass is 16.1. The Morgan fingerprint density at radius 2 is 2.12 bits per heavy atom. The van der Waals surface area contributed by atoms with Crippen molar-refractivity contribution in [3.63, 3.8) is 0 Å². The number of carbonyl (C=O) groups is 1. The third-order valence-corrected chi connectivity index (χ3v) is 3.27. The van der Waals surface area contributed by atoms with Crippen molar-refractivity contribution in [2.75, 3.05) is 18.0 Å². The van der Waals surface area contributed by atoms with Crippen LogP contribution in [0.4, 0.5) is 5.82 Å². The first-order valence-corrected chi connectivity index (χ1v) is 5.90. The molecule has 0 radical (unpaired) electrons. The Hall–Kier alpha value is -1.62. The molecule has 1 aromatic rings. The van der Waals surface area contributed by atoms with E-state index in [1.165, 1.54) is 0 Å². The molecule has 92 valence electrons. The van der Waals surface area contributed by atoms with Crippen molar-refractivity contribution < 1.29 is 4.79 Å². The molecule has 0 spiro atoms. The highest BCUT2D eigenvalue weighted by Crippen LogP contribution is 2.21. The molecule has 0 saturated carbocycles. The summed E-state index contributed by atoms with van der Waals surface area (Å²) in [5.74, 6) is 0.788. The molecule has 1 fully saturated rings. The zero-order chi connectivity index (χ0) is 12.3. The van der Waals surface area contributed by atoms with Gasteiger partial charge in [0.05, 0.1) is 0 Å². The predicted molar refractivity (Wildman–Crippen MR) is 66.3 cm³/mol. The molecule has 5 nitrogen and oxygen atoms in total. The minimum Gasteiger partial charge on any atom is -0.369 e. The van der Waals surface area contributed by atoms with Crippen molar-refractivity contribution in [1.82, 2.24) is 4.98 Å². The number of hydrogen-bond donors (Lipinski definition) is 2. The fourth-order valence-electron chi connectivity index (χ4n) is 2.12. The van der Waals surface area contributed by atoms with E-state index in [-0.39, 0.29) is 11.8 Å². The van der Waals surface area contributed by atoms with Crippen LogP contribution in [-0.4, -0.2) is 24.0 Å². The third kappa shape index (κ3) is 2.74. The molecule has 1 saturated heterocycles. The third-order valence-electron chi connectivity index (χ3n) is 3.27. The molecule has 17 heavy (non-hydrogen) atoms. The van der Waals surface area contributed by atoms with E-state index in [0.717, 1.165) is 37.3 Å². The highest BCUT2D eigenvalue weighted by molar-refractivity contribution is 5.76. The maximum absolute atomic E-state index is 11.1. The Kier molecular flexibility index (Phi) is 3.58. The van der Waals surface area contributed by atoms with E-state index >= 15 is 0 Å². The molecule has 0 unspecified atom stereocenters. The summed E-state index contributed by atoms with van der Waals surface area (Å²) in [7, 11) is 0. The Morgan fingerprint density at radius 1 is 1.41 bits per heavy atom. The topological polar surface area (TPSA) is 85.2 Å². The van der Waals surface area contributed by atoms with Gasteiger partial charge < -0.3 is 16.4 Å². The summed E-state index contributed by atoms with van der Waals surface area (Å²) in [6.07, 6.45) is 3.43. The molecule has 5 heteroatoms. The number of primary amides is 1. The largest absolute Gasteiger partial charge is 0.369 e. The molecule has 1 aliphatic rings. The standard InChI is InChI=1S/C12H18N4O/c13-7-9-1-2-11(15-8-9)16-5-3-10(4-6-16)12(14)17/h1-2,8,10H,3-7,13H2,(H2,14,17). The van der Waals surface area contributed by atoms with Gasteiger partial charge in [0, 0.05) is 31.7 Å². The van der Waals surface area contributed by atoms with Crippen LogP contribution in [0.2, 0.25) is 0 Å². The lowest BCUT2D eigenvalue weighted by Crippen LogP contribution is -2.38. The average molecular weight is 234 g/mol. The molecular formula is C12H18N4O. The molecule has 1 amide bonds. The van der Waals surface area contributed by atoms with E-state index in [9.17, 15) is 4.79 Å². The van der Waals surface area contributed by atoms with Gasteiger partial charge in [-0.3, -0.25) is 4.79 Å². The molecule has 0 aliphatic carbocycles. The van der Waals surface area contributed by atoms with Crippen molar-refractivity contribution in [2.24, 2.45) is 17.4 Å². The van der Waals surface area contributed by atoms with Crippen molar-refractivity contribution in [2.45, 2.75) is 19.4 Å². The number of pyridine rings is 1. The van der Waals surface area contributed by atoms with E-state index in [4.69, 9.17) is 11.5 Å². The maximum Gasteiger partial charge on any atom is 0.220 e. The first-order valence-electron chi connectivity index (χ1n) is 5.90. The number of amides is 1. The SMILES string of the molecule is NCc1ccc(N2CCC(C(N)=O)CC2)nc1. The van der Waals surface area contributed by atoms with Crippen molar-refractivity contribution >= 4 is 11.7 Å². The van der Waals surface area contributed by atoms with Crippen LogP contribution < -0.4 is 16.4 Å². The zero-order valence-electron chi connectivity index (χ0n) is 9.80. The van der Waals surface area contributed by atoms with E-state index in [1.54, 1.807) is 6.20 Å². The van der Waals surface area contributed by atoms with Crippen LogP contribution in [0.5, 0.6) is 0 Å². The number of nitrogens with two attached hydrogens (primary N) is 2. The van der Waals surface area contributed by atoms with Gasteiger partial charge in [0.1, 0.15) is 5.82 Å². The zero-order valence-corrected chi connectivity index (χ0v) is 9.80. The lowest BCUT2D eigenvalue weighted by molar-refractivity contribution is -0.122. The molecule has 4 N–H and O–H groups in total. The summed E-state index contributed by atoms with van der Waals surface area (Å²) in [6.45, 7) is 2.18. The summed E-state index contributed by atoms with van der Waals surface area (Å²) in [4.78, 5) is 17.6. The smallest absolute Gasteiger partial charge is 0.220 e. The van der Waals surface area contributed by atoms with Gasteiger partial charge in [-0.2, -0.15) is 0 Å². The van der Waals surface area contributed by atoms with E-state index in [0.29, 0.717) is 6.54 Å². The fraction of sp³-hybridized carbons (Fsp3) is 0.500. The van der Waals surface area contributed by atoms with Gasteiger partial charge in [0.15, 0.2) is 0 Å². The van der Waals surface area contributed by atoms with Gasteiger partial charge in [-0.25, -0.2) is 4.98 Å². The number of nitrogens with zero attached hydrogens (tertiary/aromatic N) is 2. The number of anilines is 1. The first kappa shape index (κ1) is 11.9. The lowest BCUT2D eigenvalue weighted by atomic mass is 9.96. The normalized spacial score (nSPS) is 17.1. The van der Waals surface area contributed by atoms with Crippen LogP contribution in [0, 0.1) is 5.92 Å². The van der Waals surface area contributed by atoms with Gasteiger partial charge >= 0.3 is 0 Å². The monoisotopic (exact) mass is 234 g/mol. The van der Waals surface area contributed by atoms with E-state index < -0.39 is 0 Å². The molecule has 0 bridgehead atoms. The maximum atomic E-state index is 11.1. The summed E-state index contributed by atoms with van der Waals surface area (Å²) < 4.78 is 0. The minimum atomic E-state index is -0.184. The van der Waals surface area contributed by atoms with Crippen LogP contribution in [0.3, 0.4) is 0 Å². The summed E-state index contributed by atoms with van der Waals surface area (Å²) in [5.41, 5.74) is 11.9. The fourth-order valence-corrected chi connectivity index (χ4v) is 2.12. The summed E-state index contributed by atoms with van der Waals surface area (Å²) in [5, 5.41) is 0. The van der Waals surface area contributed by atoms with Crippen LogP contribution in [0.15, 0.2) is 18.3 Å². The number of rotatable bonds is 3. The van der Waals surface area contributed by atoms with Gasteiger partial charge in [-0.15, -0.1) is 0 Å². The Morgan fingerprint density at radius 3 is 2.59 bits per heavy atom. The highest BCUT2D eigenvalue weighted by Gasteiger charge is 2.23. The molecule has 0 atom stereocenters.